The Morgan fingerprint density at radius 2 is 2.04 bits per heavy atom. The van der Waals surface area contributed by atoms with E-state index in [-0.39, 0.29) is 0 Å². The van der Waals surface area contributed by atoms with Gasteiger partial charge in [0.25, 0.3) is 0 Å². The Morgan fingerprint density at radius 1 is 1.12 bits per heavy atom. The van der Waals surface area contributed by atoms with Crippen LogP contribution in [0.15, 0.2) is 42.5 Å². The molecule has 0 fully saturated rings. The van der Waals surface area contributed by atoms with Gasteiger partial charge in [-0.15, -0.1) is 0 Å². The van der Waals surface area contributed by atoms with E-state index in [2.05, 4.69) is 45.1 Å². The van der Waals surface area contributed by atoms with Crippen molar-refractivity contribution in [3.05, 3.63) is 59.4 Å². The second kappa shape index (κ2) is 5.32. The Kier molecular flexibility index (Phi) is 3.10. The molecule has 0 bridgehead atoms. The van der Waals surface area contributed by atoms with Gasteiger partial charge in [0.2, 0.25) is 0 Å². The van der Waals surface area contributed by atoms with E-state index in [0.717, 1.165) is 41.2 Å². The van der Waals surface area contributed by atoms with Gasteiger partial charge in [-0.1, -0.05) is 0 Å². The van der Waals surface area contributed by atoms with Crippen LogP contribution < -0.4 is 9.35 Å². The van der Waals surface area contributed by atoms with Crippen molar-refractivity contribution >= 4 is 38.0 Å². The first-order chi connectivity index (χ1) is 11.8. The van der Waals surface area contributed by atoms with Crippen molar-refractivity contribution in [2.45, 2.75) is 12.8 Å². The number of para-hydroxylation sites is 1. The molecule has 116 valence electrons. The molecule has 0 saturated heterocycles. The molecule has 0 saturated carbocycles. The molecule has 2 radical (unpaired) electrons. The Hall–Kier alpha value is -2.39. The molecular formula is C18H13AsN4O. The molecule has 0 spiro atoms. The third-order valence-corrected chi connectivity index (χ3v) is 4.75. The van der Waals surface area contributed by atoms with Crippen molar-refractivity contribution in [1.29, 1.82) is 0 Å². The van der Waals surface area contributed by atoms with Gasteiger partial charge in [0, 0.05) is 0 Å². The van der Waals surface area contributed by atoms with Crippen LogP contribution in [-0.2, 0) is 12.8 Å². The van der Waals surface area contributed by atoms with E-state index in [0.29, 0.717) is 11.0 Å². The zero-order chi connectivity index (χ0) is 16.1. The van der Waals surface area contributed by atoms with Crippen molar-refractivity contribution in [2.75, 3.05) is 6.61 Å². The van der Waals surface area contributed by atoms with Gasteiger partial charge in [0.05, 0.1) is 0 Å². The second-order valence-corrected chi connectivity index (χ2v) is 6.75. The molecular weight excluding hydrogens is 363 g/mol. The number of nitrogens with zero attached hydrogens (tertiary/aromatic N) is 4. The number of ether oxygens (including phenoxy) is 1. The first-order valence-electron chi connectivity index (χ1n) is 7.86. The van der Waals surface area contributed by atoms with E-state index in [1.165, 1.54) is 11.1 Å². The Morgan fingerprint density at radius 3 is 3.00 bits per heavy atom. The zero-order valence-corrected chi connectivity index (χ0v) is 14.7. The molecule has 4 aromatic rings. The quantitative estimate of drug-likeness (QED) is 0.499. The third-order valence-electron chi connectivity index (χ3n) is 4.35. The van der Waals surface area contributed by atoms with Crippen LogP contribution in [0.2, 0.25) is 0 Å². The van der Waals surface area contributed by atoms with Crippen LogP contribution in [0, 0.1) is 0 Å². The van der Waals surface area contributed by atoms with Crippen molar-refractivity contribution in [2.24, 2.45) is 0 Å². The van der Waals surface area contributed by atoms with E-state index in [9.17, 15) is 0 Å². The first kappa shape index (κ1) is 14.0. The van der Waals surface area contributed by atoms with Crippen molar-refractivity contribution < 1.29 is 4.74 Å². The van der Waals surface area contributed by atoms with E-state index in [4.69, 9.17) is 9.72 Å². The predicted molar refractivity (Wildman–Crippen MR) is 92.1 cm³/mol. The standard InChI is InChI=1S/C18H13AsN4O/c19-18-21-17-13-3-1-2-4-14(13)20-16(23(17)22-18)10-11-5-6-15-12(9-11)7-8-24-15/h1-6,9H,7-8,10H2. The molecule has 0 N–H and O–H groups in total. The molecule has 5 nitrogen and oxygen atoms in total. The minimum atomic E-state index is 0.698. The molecule has 2 aromatic carbocycles. The number of fused-ring (bicyclic) bond motifs is 4. The summed E-state index contributed by atoms with van der Waals surface area (Å²) in [4.78, 5) is 9.39. The zero-order valence-electron chi connectivity index (χ0n) is 12.8. The maximum atomic E-state index is 5.59. The van der Waals surface area contributed by atoms with Gasteiger partial charge in [-0.2, -0.15) is 0 Å². The fraction of sp³-hybridized carbons (Fsp3) is 0.167. The summed E-state index contributed by atoms with van der Waals surface area (Å²) in [5, 5.41) is 5.54. The fourth-order valence-electron chi connectivity index (χ4n) is 3.25. The van der Waals surface area contributed by atoms with Gasteiger partial charge in [-0.3, -0.25) is 0 Å². The second-order valence-electron chi connectivity index (χ2n) is 5.91. The van der Waals surface area contributed by atoms with Crippen LogP contribution in [0.1, 0.15) is 17.0 Å². The van der Waals surface area contributed by atoms with E-state index in [1.807, 2.05) is 28.8 Å². The average molecular weight is 376 g/mol. The van der Waals surface area contributed by atoms with Gasteiger partial charge in [-0.25, -0.2) is 0 Å². The monoisotopic (exact) mass is 376 g/mol. The average Bonchev–Trinajstić information content (AvgIpc) is 3.20. The van der Waals surface area contributed by atoms with Gasteiger partial charge in [0.15, 0.2) is 0 Å². The van der Waals surface area contributed by atoms with Gasteiger partial charge in [-0.05, 0) is 0 Å². The first-order valence-corrected chi connectivity index (χ1v) is 8.80. The summed E-state index contributed by atoms with van der Waals surface area (Å²) in [6, 6.07) is 14.4. The Labute approximate surface area is 147 Å². The summed E-state index contributed by atoms with van der Waals surface area (Å²) in [6.07, 6.45) is 1.69. The molecule has 1 aliphatic rings. The summed E-state index contributed by atoms with van der Waals surface area (Å²) < 4.78 is 8.15. The molecule has 6 heteroatoms. The Bertz CT molecular complexity index is 1090. The van der Waals surface area contributed by atoms with Crippen LogP contribution in [0.4, 0.5) is 0 Å². The molecule has 2 aromatic heterocycles. The van der Waals surface area contributed by atoms with Gasteiger partial charge >= 0.3 is 147 Å². The number of rotatable bonds is 2. The van der Waals surface area contributed by atoms with E-state index < -0.39 is 0 Å². The summed E-state index contributed by atoms with van der Waals surface area (Å²) in [5.41, 5.74) is 4.29. The van der Waals surface area contributed by atoms with Crippen LogP contribution in [-0.4, -0.2) is 43.0 Å². The number of benzene rings is 2. The van der Waals surface area contributed by atoms with Crippen LogP contribution >= 0.6 is 0 Å². The van der Waals surface area contributed by atoms with Crippen LogP contribution in [0.5, 0.6) is 5.75 Å². The van der Waals surface area contributed by atoms with Crippen molar-refractivity contribution in [1.82, 2.24) is 19.6 Å². The van der Waals surface area contributed by atoms with Crippen molar-refractivity contribution in [3.63, 3.8) is 0 Å². The fourth-order valence-corrected chi connectivity index (χ4v) is 3.64. The molecule has 0 aliphatic carbocycles. The number of hydrogen-bond donors (Lipinski definition) is 0. The van der Waals surface area contributed by atoms with Crippen molar-refractivity contribution in [3.8, 4) is 5.75 Å². The minimum absolute atomic E-state index is 0.698. The summed E-state index contributed by atoms with van der Waals surface area (Å²) in [5.74, 6) is 1.90. The molecule has 1 aliphatic heterocycles. The molecule has 5 rings (SSSR count). The van der Waals surface area contributed by atoms with Gasteiger partial charge in [0.1, 0.15) is 0 Å². The van der Waals surface area contributed by atoms with E-state index in [1.54, 1.807) is 0 Å². The molecule has 0 atom stereocenters. The van der Waals surface area contributed by atoms with Gasteiger partial charge < -0.3 is 0 Å². The summed E-state index contributed by atoms with van der Waals surface area (Å²) in [7, 11) is 0. The molecule has 0 amide bonds. The number of aromatic nitrogens is 4. The predicted octanol–water partition coefficient (Wildman–Crippen LogP) is 1.60. The maximum absolute atomic E-state index is 5.59. The Balaban J connectivity index is 1.67. The topological polar surface area (TPSA) is 52.3 Å². The van der Waals surface area contributed by atoms with Crippen LogP contribution in [0.3, 0.4) is 0 Å². The van der Waals surface area contributed by atoms with E-state index >= 15 is 0 Å². The van der Waals surface area contributed by atoms with Crippen LogP contribution in [0.25, 0.3) is 16.6 Å². The summed E-state index contributed by atoms with van der Waals surface area (Å²) in [6.45, 7) is 0.775. The molecule has 24 heavy (non-hydrogen) atoms. The normalized spacial score (nSPS) is 13.4. The SMILES string of the molecule is [As]c1nc2c3ccccc3nc(Cc3ccc4c(c3)CCO4)n2n1. The summed E-state index contributed by atoms with van der Waals surface area (Å²) >= 11 is 2.40. The molecule has 0 unspecified atom stereocenters. The third kappa shape index (κ3) is 2.20. The number of hydrogen-bond acceptors (Lipinski definition) is 4. The molecule has 3 heterocycles.